The summed E-state index contributed by atoms with van der Waals surface area (Å²) in [6.45, 7) is 1.56. The van der Waals surface area contributed by atoms with Gasteiger partial charge in [0, 0.05) is 33.0 Å². The molecule has 2 aromatic carbocycles. The van der Waals surface area contributed by atoms with Crippen molar-refractivity contribution in [3.8, 4) is 0 Å². The second kappa shape index (κ2) is 8.54. The summed E-state index contributed by atoms with van der Waals surface area (Å²) in [6, 6.07) is 12.8. The molecule has 1 saturated heterocycles. The minimum atomic E-state index is -4.22. The molecule has 2 aliphatic rings. The molecule has 186 valence electrons. The minimum absolute atomic E-state index is 0.140. The van der Waals surface area contributed by atoms with E-state index in [-0.39, 0.29) is 22.9 Å². The van der Waals surface area contributed by atoms with E-state index in [1.165, 1.54) is 42.7 Å². The van der Waals surface area contributed by atoms with Gasteiger partial charge in [0.2, 0.25) is 10.0 Å². The summed E-state index contributed by atoms with van der Waals surface area (Å²) in [4.78, 5) is 1.15. The molecule has 34 heavy (non-hydrogen) atoms. The summed E-state index contributed by atoms with van der Waals surface area (Å²) in [5, 5.41) is 0. The molecule has 0 bridgehead atoms. The summed E-state index contributed by atoms with van der Waals surface area (Å²) in [5.74, 6) is -2.80. The van der Waals surface area contributed by atoms with Gasteiger partial charge in [-0.15, -0.1) is 0 Å². The van der Waals surface area contributed by atoms with Crippen molar-refractivity contribution in [2.75, 3.05) is 44.6 Å². The maximum absolute atomic E-state index is 13.9. The van der Waals surface area contributed by atoms with Gasteiger partial charge in [-0.2, -0.15) is 0 Å². The quantitative estimate of drug-likeness (QED) is 0.593. The molecule has 0 unspecified atom stereocenters. The molecule has 2 aliphatic heterocycles. The number of alkyl halides is 2. The molecule has 1 spiro atoms. The minimum Gasteiger partial charge on any atom is -0.297 e. The average Bonchev–Trinajstić information content (AvgIpc) is 3.09. The normalized spacial score (nSPS) is 19.1. The third-order valence-corrected chi connectivity index (χ3v) is 10.5. The monoisotopic (exact) mass is 513 g/mol. The van der Waals surface area contributed by atoms with Crippen LogP contribution in [0, 0.1) is 0 Å². The van der Waals surface area contributed by atoms with Crippen LogP contribution in [0.25, 0.3) is 0 Å². The van der Waals surface area contributed by atoms with Crippen molar-refractivity contribution < 1.29 is 25.6 Å². The van der Waals surface area contributed by atoms with Crippen molar-refractivity contribution in [1.29, 1.82) is 0 Å². The Balaban J connectivity index is 1.73. The van der Waals surface area contributed by atoms with Crippen LogP contribution in [0.5, 0.6) is 0 Å². The van der Waals surface area contributed by atoms with Gasteiger partial charge in [-0.1, -0.05) is 30.3 Å². The highest BCUT2D eigenvalue weighted by molar-refractivity contribution is 7.94. The number of para-hydroxylation sites is 1. The van der Waals surface area contributed by atoms with Crippen LogP contribution in [-0.4, -0.2) is 72.2 Å². The lowest BCUT2D eigenvalue weighted by atomic mass is 9.74. The number of rotatable bonds is 6. The molecule has 0 aromatic heterocycles. The Morgan fingerprint density at radius 2 is 1.50 bits per heavy atom. The Morgan fingerprint density at radius 3 is 2.09 bits per heavy atom. The smallest absolute Gasteiger partial charge is 0.265 e. The Kier molecular flexibility index (Phi) is 6.29. The van der Waals surface area contributed by atoms with Crippen LogP contribution in [0.2, 0.25) is 0 Å². The van der Waals surface area contributed by atoms with Gasteiger partial charge in [0.05, 0.1) is 12.2 Å². The van der Waals surface area contributed by atoms with E-state index in [1.54, 1.807) is 17.0 Å². The van der Waals surface area contributed by atoms with Crippen molar-refractivity contribution in [2.24, 2.45) is 0 Å². The van der Waals surface area contributed by atoms with Crippen LogP contribution in [0.4, 0.5) is 14.5 Å². The lowest BCUT2D eigenvalue weighted by Crippen LogP contribution is -2.48. The van der Waals surface area contributed by atoms with Gasteiger partial charge in [-0.05, 0) is 49.7 Å². The van der Waals surface area contributed by atoms with Crippen molar-refractivity contribution >= 4 is 25.7 Å². The zero-order chi connectivity index (χ0) is 24.9. The topological polar surface area (TPSA) is 78.0 Å². The molecule has 1 fully saturated rings. The van der Waals surface area contributed by atoms with Gasteiger partial charge in [-0.3, -0.25) is 9.21 Å². The lowest BCUT2D eigenvalue weighted by molar-refractivity contribution is -0.0236. The molecule has 0 N–H and O–H groups in total. The Bertz CT molecular complexity index is 1280. The fraction of sp³-hybridized carbons (Fsp3) is 0.478. The molecule has 2 heterocycles. The van der Waals surface area contributed by atoms with Gasteiger partial charge in [0.1, 0.15) is 9.79 Å². The molecule has 0 amide bonds. The molecule has 4 rings (SSSR count). The van der Waals surface area contributed by atoms with Crippen LogP contribution in [0.15, 0.2) is 58.3 Å². The Morgan fingerprint density at radius 1 is 0.941 bits per heavy atom. The number of anilines is 1. The van der Waals surface area contributed by atoms with Crippen LogP contribution in [0.3, 0.4) is 0 Å². The molecule has 11 heteroatoms. The first-order chi connectivity index (χ1) is 15.8. The summed E-state index contributed by atoms with van der Waals surface area (Å²) < 4.78 is 82.9. The number of fused-ring (bicyclic) bond motifs is 2. The molecule has 0 aliphatic carbocycles. The molecule has 0 radical (unpaired) electrons. The number of piperidine rings is 1. The van der Waals surface area contributed by atoms with Crippen molar-refractivity contribution in [3.63, 3.8) is 0 Å². The Labute approximate surface area is 200 Å². The molecular weight excluding hydrogens is 484 g/mol. The number of hydrogen-bond acceptors (Lipinski definition) is 5. The second-order valence-corrected chi connectivity index (χ2v) is 13.3. The number of benzene rings is 2. The Hall–Kier alpha value is -2.08. The van der Waals surface area contributed by atoms with E-state index >= 15 is 0 Å². The van der Waals surface area contributed by atoms with E-state index in [9.17, 15) is 25.6 Å². The second-order valence-electron chi connectivity index (χ2n) is 9.39. The molecule has 2 aromatic rings. The van der Waals surface area contributed by atoms with E-state index in [4.69, 9.17) is 0 Å². The van der Waals surface area contributed by atoms with Gasteiger partial charge >= 0.3 is 0 Å². The largest absolute Gasteiger partial charge is 0.297 e. The fourth-order valence-corrected chi connectivity index (χ4v) is 8.19. The van der Waals surface area contributed by atoms with Gasteiger partial charge in [0.15, 0.2) is 0 Å². The SMILES string of the molecule is CN(C)S(=O)(=O)c1ccccc1S(=O)(=O)N1CC2(CCN(CC(C)(F)F)CC2)c2ccccc21. The molecule has 0 atom stereocenters. The van der Waals surface area contributed by atoms with Gasteiger partial charge in [-0.25, -0.2) is 29.9 Å². The third-order valence-electron chi connectivity index (χ3n) is 6.68. The van der Waals surface area contributed by atoms with E-state index in [2.05, 4.69) is 0 Å². The highest BCUT2D eigenvalue weighted by Crippen LogP contribution is 2.49. The number of likely N-dealkylation sites (tertiary alicyclic amines) is 1. The van der Waals surface area contributed by atoms with Crippen LogP contribution < -0.4 is 4.31 Å². The lowest BCUT2D eigenvalue weighted by Gasteiger charge is -2.40. The van der Waals surface area contributed by atoms with E-state index in [1.807, 2.05) is 12.1 Å². The first-order valence-corrected chi connectivity index (χ1v) is 13.9. The standard InChI is InChI=1S/C23H29F2N3O4S2/c1-22(24,25)16-27-14-12-23(13-15-27)17-28(19-9-5-4-8-18(19)23)34(31,32)21-11-7-6-10-20(21)33(29,30)26(2)3/h4-11H,12-17H2,1-3H3. The van der Waals surface area contributed by atoms with Crippen LogP contribution in [0.1, 0.15) is 25.3 Å². The fourth-order valence-electron chi connectivity index (χ4n) is 4.95. The van der Waals surface area contributed by atoms with Crippen molar-refractivity contribution in [3.05, 3.63) is 54.1 Å². The van der Waals surface area contributed by atoms with Crippen LogP contribution >= 0.6 is 0 Å². The number of hydrogen-bond donors (Lipinski definition) is 0. The van der Waals surface area contributed by atoms with Crippen molar-refractivity contribution in [2.45, 2.75) is 40.9 Å². The highest BCUT2D eigenvalue weighted by Gasteiger charge is 2.49. The number of nitrogens with zero attached hydrogens (tertiary/aromatic N) is 3. The zero-order valence-electron chi connectivity index (χ0n) is 19.4. The molecular formula is C23H29F2N3O4S2. The first kappa shape index (κ1) is 25.0. The molecule has 7 nitrogen and oxygen atoms in total. The van der Waals surface area contributed by atoms with Gasteiger partial charge < -0.3 is 0 Å². The third kappa shape index (κ3) is 4.34. The molecule has 0 saturated carbocycles. The van der Waals surface area contributed by atoms with Crippen molar-refractivity contribution in [1.82, 2.24) is 9.21 Å². The summed E-state index contributed by atoms with van der Waals surface area (Å²) >= 11 is 0. The van der Waals surface area contributed by atoms with E-state index in [0.717, 1.165) is 16.8 Å². The summed E-state index contributed by atoms with van der Waals surface area (Å²) in [7, 11) is -5.52. The predicted octanol–water partition coefficient (Wildman–Crippen LogP) is 3.13. The number of sulfonamides is 2. The average molecular weight is 514 g/mol. The maximum Gasteiger partial charge on any atom is 0.265 e. The highest BCUT2D eigenvalue weighted by atomic mass is 32.2. The number of halogens is 2. The van der Waals surface area contributed by atoms with Gasteiger partial charge in [0.25, 0.3) is 15.9 Å². The van der Waals surface area contributed by atoms with Crippen LogP contribution in [-0.2, 0) is 25.5 Å². The first-order valence-electron chi connectivity index (χ1n) is 11.0. The zero-order valence-corrected chi connectivity index (χ0v) is 21.0. The van der Waals surface area contributed by atoms with E-state index in [0.29, 0.717) is 31.6 Å². The maximum atomic E-state index is 13.9. The summed E-state index contributed by atoms with van der Waals surface area (Å²) in [6.07, 6.45) is 1.06. The summed E-state index contributed by atoms with van der Waals surface area (Å²) in [5.41, 5.74) is 0.849. The van der Waals surface area contributed by atoms with E-state index < -0.39 is 31.4 Å². The predicted molar refractivity (Wildman–Crippen MR) is 126 cm³/mol.